The van der Waals surface area contributed by atoms with Crippen LogP contribution in [0.3, 0.4) is 0 Å². The monoisotopic (exact) mass is 836 g/mol. The van der Waals surface area contributed by atoms with Crippen molar-refractivity contribution in [3.05, 3.63) is 107 Å². The Morgan fingerprint density at radius 2 is 1.27 bits per heavy atom. The normalized spacial score (nSPS) is 14.6. The number of imidazole rings is 2. The van der Waals surface area contributed by atoms with Gasteiger partial charge in [-0.05, 0) is 140 Å². The average Bonchev–Trinajstić information content (AvgIpc) is 3.82. The third-order valence-electron chi connectivity index (χ3n) is 12.4. The number of carbonyl (C=O) groups is 2. The largest absolute Gasteiger partial charge is 0.368 e. The smallest absolute Gasteiger partial charge is 0.252 e. The van der Waals surface area contributed by atoms with Crippen molar-refractivity contribution in [1.29, 1.82) is 0 Å². The summed E-state index contributed by atoms with van der Waals surface area (Å²) >= 11 is 0. The summed E-state index contributed by atoms with van der Waals surface area (Å²) in [6, 6.07) is 26.1. The summed E-state index contributed by atoms with van der Waals surface area (Å²) in [4.78, 5) is 44.1. The summed E-state index contributed by atoms with van der Waals surface area (Å²) in [5.74, 6) is 1.35. The lowest BCUT2D eigenvalue weighted by atomic mass is 9.75. The first-order chi connectivity index (χ1) is 29.2. The number of nitrogens with one attached hydrogen (secondary N) is 3. The molecule has 4 bridgehead atoms. The second-order valence-electron chi connectivity index (χ2n) is 20.1. The number of ketones is 1. The number of aryl methyl sites for hydroxylation is 2. The Balaban J connectivity index is 1.18. The highest BCUT2D eigenvalue weighted by Crippen LogP contribution is 2.40. The topological polar surface area (TPSA) is 122 Å². The van der Waals surface area contributed by atoms with Gasteiger partial charge in [0.15, 0.2) is 5.78 Å². The Bertz CT molecular complexity index is 2650. The Hall–Kier alpha value is -5.38. The van der Waals surface area contributed by atoms with Gasteiger partial charge in [0.1, 0.15) is 22.9 Å². The molecule has 1 amide bonds. The molecular weight excluding hydrogens is 771 g/mol. The van der Waals surface area contributed by atoms with E-state index >= 15 is 0 Å². The fourth-order valence-corrected chi connectivity index (χ4v) is 8.61. The number of nitrogens with zero attached hydrogens (tertiary/aromatic N) is 2. The lowest BCUT2D eigenvalue weighted by Crippen LogP contribution is -2.48. The lowest BCUT2D eigenvalue weighted by molar-refractivity contribution is -0.144. The molecule has 2 heterocycles. The van der Waals surface area contributed by atoms with Crippen molar-refractivity contribution in [1.82, 2.24) is 25.3 Å². The fourth-order valence-electron chi connectivity index (χ4n) is 8.61. The molecule has 10 rings (SSSR count). The van der Waals surface area contributed by atoms with E-state index in [-0.39, 0.29) is 34.5 Å². The van der Waals surface area contributed by atoms with Crippen LogP contribution >= 0.6 is 0 Å². The average molecular weight is 836 g/mol. The number of rotatable bonds is 13. The zero-order valence-corrected chi connectivity index (χ0v) is 38.8. The highest BCUT2D eigenvalue weighted by Gasteiger charge is 2.38. The van der Waals surface area contributed by atoms with Crippen molar-refractivity contribution in [2.75, 3.05) is 13.2 Å². The number of amides is 1. The van der Waals surface area contributed by atoms with Crippen LogP contribution in [0.5, 0.6) is 0 Å². The van der Waals surface area contributed by atoms with Crippen LogP contribution in [0.1, 0.15) is 135 Å². The fraction of sp³-hybridized carbons (Fsp3) is 0.434. The van der Waals surface area contributed by atoms with Crippen LogP contribution in [0.4, 0.5) is 0 Å². The molecule has 6 aromatic rings. The molecule has 0 fully saturated rings. The van der Waals surface area contributed by atoms with Crippen LogP contribution in [-0.4, -0.2) is 56.0 Å². The van der Waals surface area contributed by atoms with Crippen molar-refractivity contribution >= 4 is 45.9 Å². The highest BCUT2D eigenvalue weighted by atomic mass is 16.5. The number of fused-ring (bicyclic) bond motifs is 2. The van der Waals surface area contributed by atoms with E-state index in [1.807, 2.05) is 27.7 Å². The molecule has 0 saturated heterocycles. The summed E-state index contributed by atoms with van der Waals surface area (Å²) < 4.78 is 11.6. The molecule has 4 aromatic carbocycles. The predicted molar refractivity (Wildman–Crippen MR) is 253 cm³/mol. The Morgan fingerprint density at radius 1 is 0.661 bits per heavy atom. The lowest BCUT2D eigenvalue weighted by Gasteiger charge is -2.33. The maximum Gasteiger partial charge on any atom is 0.252 e. The highest BCUT2D eigenvalue weighted by molar-refractivity contribution is 5.90. The number of H-pyrrole nitrogens is 2. The molecule has 4 aliphatic rings. The van der Waals surface area contributed by atoms with Gasteiger partial charge in [-0.25, -0.2) is 9.97 Å². The van der Waals surface area contributed by atoms with Crippen molar-refractivity contribution in [3.8, 4) is 22.3 Å². The first-order valence-electron chi connectivity index (χ1n) is 22.2. The van der Waals surface area contributed by atoms with Gasteiger partial charge in [-0.1, -0.05) is 96.2 Å². The van der Waals surface area contributed by atoms with Gasteiger partial charge in [-0.15, -0.1) is 0 Å². The van der Waals surface area contributed by atoms with Gasteiger partial charge >= 0.3 is 0 Å². The summed E-state index contributed by atoms with van der Waals surface area (Å²) in [6.07, 6.45) is 6.49. The van der Waals surface area contributed by atoms with Crippen molar-refractivity contribution in [2.45, 2.75) is 126 Å². The van der Waals surface area contributed by atoms with E-state index in [0.29, 0.717) is 19.6 Å². The zero-order valence-electron chi connectivity index (χ0n) is 38.8. The molecule has 0 spiro atoms. The van der Waals surface area contributed by atoms with E-state index in [2.05, 4.69) is 142 Å². The molecule has 9 heteroatoms. The minimum Gasteiger partial charge on any atom is -0.368 e. The van der Waals surface area contributed by atoms with Crippen molar-refractivity contribution in [2.24, 2.45) is 10.8 Å². The Kier molecular flexibility index (Phi) is 12.3. The third-order valence-corrected chi connectivity index (χ3v) is 12.4. The second-order valence-corrected chi connectivity index (χ2v) is 20.1. The van der Waals surface area contributed by atoms with Crippen molar-refractivity contribution in [3.63, 3.8) is 0 Å². The van der Waals surface area contributed by atoms with Gasteiger partial charge in [0.2, 0.25) is 0 Å². The minimum atomic E-state index is -0.959. The Labute approximate surface area is 367 Å². The zero-order chi connectivity index (χ0) is 44.8. The number of hydrogen-bond donors (Lipinski definition) is 3. The number of aromatic amines is 2. The van der Waals surface area contributed by atoms with Crippen molar-refractivity contribution < 1.29 is 19.1 Å². The molecule has 4 aliphatic carbocycles. The van der Waals surface area contributed by atoms with Crippen LogP contribution in [-0.2, 0) is 31.9 Å². The summed E-state index contributed by atoms with van der Waals surface area (Å²) in [5, 5.41) is 3.23. The van der Waals surface area contributed by atoms with Gasteiger partial charge < -0.3 is 24.8 Å². The van der Waals surface area contributed by atoms with Gasteiger partial charge in [-0.3, -0.25) is 9.59 Å². The molecular formula is C53H65N5O4. The molecule has 2 aromatic heterocycles. The summed E-state index contributed by atoms with van der Waals surface area (Å²) in [5.41, 5.74) is 10.7. The molecule has 3 N–H and O–H groups in total. The van der Waals surface area contributed by atoms with E-state index in [0.717, 1.165) is 68.8 Å². The SMILES string of the molecule is CCOC(C)(C)C(=O)C[C@H](c1nc2ccc(-c3cc4ccc3C=Cc3ccc(c(-c5ccc6nc([C@@H](NC(=O)C(C)(C)OCC)C(C)(C)C)[nH]c6c5)c3)CC4)cc2[nH]1)C(C)(C)C. The number of benzene rings is 4. The number of Topliss-reactive ketones (excluding diaryl/α,β-unsaturated/α-hetero) is 1. The van der Waals surface area contributed by atoms with E-state index in [1.165, 1.54) is 22.3 Å². The first kappa shape index (κ1) is 44.7. The first-order valence-corrected chi connectivity index (χ1v) is 22.2. The number of hydrogen-bond acceptors (Lipinski definition) is 6. The summed E-state index contributed by atoms with van der Waals surface area (Å²) in [7, 11) is 0. The van der Waals surface area contributed by atoms with Gasteiger partial charge in [0.05, 0.1) is 28.1 Å². The van der Waals surface area contributed by atoms with E-state index in [9.17, 15) is 9.59 Å². The quantitative estimate of drug-likeness (QED) is 0.106. The van der Waals surface area contributed by atoms with Crippen LogP contribution in [0.25, 0.3) is 56.5 Å². The van der Waals surface area contributed by atoms with Crippen LogP contribution in [0.15, 0.2) is 72.8 Å². The molecule has 0 radical (unpaired) electrons. The predicted octanol–water partition coefficient (Wildman–Crippen LogP) is 12.0. The second kappa shape index (κ2) is 17.1. The molecule has 9 nitrogen and oxygen atoms in total. The molecule has 0 saturated carbocycles. The van der Waals surface area contributed by atoms with Gasteiger partial charge in [0, 0.05) is 25.6 Å². The van der Waals surface area contributed by atoms with Gasteiger partial charge in [0.25, 0.3) is 5.91 Å². The third kappa shape index (κ3) is 9.49. The van der Waals surface area contributed by atoms with Crippen LogP contribution in [0.2, 0.25) is 0 Å². The molecule has 326 valence electrons. The summed E-state index contributed by atoms with van der Waals surface area (Å²) in [6.45, 7) is 24.9. The molecule has 0 unspecified atom stereocenters. The maximum atomic E-state index is 13.5. The number of carbonyl (C=O) groups excluding carboxylic acids is 2. The molecule has 2 atom stereocenters. The number of aromatic nitrogens is 4. The van der Waals surface area contributed by atoms with E-state index in [1.54, 1.807) is 13.8 Å². The Morgan fingerprint density at radius 3 is 1.90 bits per heavy atom. The van der Waals surface area contributed by atoms with E-state index < -0.39 is 11.2 Å². The van der Waals surface area contributed by atoms with Crippen LogP contribution < -0.4 is 5.32 Å². The molecule has 62 heavy (non-hydrogen) atoms. The van der Waals surface area contributed by atoms with Gasteiger partial charge in [-0.2, -0.15) is 0 Å². The number of ether oxygens (including phenoxy) is 2. The van der Waals surface area contributed by atoms with Crippen LogP contribution in [0, 0.1) is 10.8 Å². The maximum absolute atomic E-state index is 13.5. The van der Waals surface area contributed by atoms with E-state index in [4.69, 9.17) is 19.4 Å². The standard InChI is InChI=1S/C53H65N5O4/c1-13-61-52(9,10)45(59)31-40(50(3,4)5)47-54-41-25-23-36(29-43(41)56-47)38-27-32-15-19-34(38)20-16-33-18-22-35(21-17-32)39(28-33)37-24-26-42-44(30-37)57-48(55-42)46(51(6,7)8)58-49(60)53(11,12)62-14-2/h15-16,18-20,22-30,40,46H,13-14,17,21,31H2,1-12H3,(H,54,56)(H,55,57)(H,58,60)/t40-,46-/m1/s1. The minimum absolute atomic E-state index is 0.0761. The molecule has 0 aliphatic heterocycles.